The third-order valence-corrected chi connectivity index (χ3v) is 5.06. The van der Waals surface area contributed by atoms with Gasteiger partial charge in [0.2, 0.25) is 0 Å². The van der Waals surface area contributed by atoms with Crippen molar-refractivity contribution in [2.24, 2.45) is 7.05 Å². The molecule has 1 aliphatic heterocycles. The largest absolute Gasteiger partial charge is 0.374 e. The number of sulfone groups is 1. The summed E-state index contributed by atoms with van der Waals surface area (Å²) in [6.07, 6.45) is 4.27. The molecule has 0 unspecified atom stereocenters. The summed E-state index contributed by atoms with van der Waals surface area (Å²) in [6.45, 7) is 0.593. The molecule has 0 aliphatic carbocycles. The molecule has 0 bridgehead atoms. The van der Waals surface area contributed by atoms with Gasteiger partial charge in [0.1, 0.15) is 11.9 Å². The fourth-order valence-electron chi connectivity index (χ4n) is 3.02. The Morgan fingerprint density at radius 3 is 2.73 bits per heavy atom. The van der Waals surface area contributed by atoms with Crippen LogP contribution in [0.2, 0.25) is 0 Å². The lowest BCUT2D eigenvalue weighted by Crippen LogP contribution is -2.48. The summed E-state index contributed by atoms with van der Waals surface area (Å²) >= 11 is 0. The molecule has 1 amide bonds. The van der Waals surface area contributed by atoms with E-state index in [1.54, 1.807) is 35.0 Å². The molecule has 26 heavy (non-hydrogen) atoms. The SMILES string of the molecule is Cn1ccc(N2CCC[C@H](Nc3ccc(CS(C)(=O)=O)c(F)c3)C2=O)n1. The number of carbonyl (C=O) groups is 1. The Morgan fingerprint density at radius 2 is 2.12 bits per heavy atom. The first kappa shape index (κ1) is 18.4. The van der Waals surface area contributed by atoms with Crippen LogP contribution in [-0.4, -0.2) is 42.9 Å². The standard InChI is InChI=1S/C17H21FN4O3S/c1-21-9-7-16(20-21)22-8-3-4-15(17(22)23)19-13-6-5-12(14(18)10-13)11-26(2,24)25/h5-7,9-10,15,19H,3-4,8,11H2,1-2H3/t15-/m0/s1. The second-order valence-corrected chi connectivity index (χ2v) is 8.69. The van der Waals surface area contributed by atoms with E-state index in [2.05, 4.69) is 10.4 Å². The molecular weight excluding hydrogens is 359 g/mol. The fourth-order valence-corrected chi connectivity index (χ4v) is 3.82. The monoisotopic (exact) mass is 380 g/mol. The minimum atomic E-state index is -3.31. The van der Waals surface area contributed by atoms with Crippen molar-refractivity contribution in [3.63, 3.8) is 0 Å². The lowest BCUT2D eigenvalue weighted by Gasteiger charge is -2.31. The van der Waals surface area contributed by atoms with Crippen LogP contribution in [0, 0.1) is 5.82 Å². The number of nitrogens with zero attached hydrogens (tertiary/aromatic N) is 3. The average Bonchev–Trinajstić information content (AvgIpc) is 2.97. The van der Waals surface area contributed by atoms with E-state index in [1.165, 1.54) is 12.1 Å². The van der Waals surface area contributed by atoms with Gasteiger partial charge in [-0.3, -0.25) is 14.4 Å². The summed E-state index contributed by atoms with van der Waals surface area (Å²) in [5, 5.41) is 7.32. The summed E-state index contributed by atoms with van der Waals surface area (Å²) in [6, 6.07) is 5.55. The Kier molecular flexibility index (Phi) is 4.99. The predicted octanol–water partition coefficient (Wildman–Crippen LogP) is 1.71. The zero-order chi connectivity index (χ0) is 18.9. The zero-order valence-corrected chi connectivity index (χ0v) is 15.5. The van der Waals surface area contributed by atoms with E-state index in [9.17, 15) is 17.6 Å². The number of nitrogens with one attached hydrogen (secondary N) is 1. The molecule has 1 saturated heterocycles. The van der Waals surface area contributed by atoms with E-state index in [4.69, 9.17) is 0 Å². The summed E-state index contributed by atoms with van der Waals surface area (Å²) in [7, 11) is -1.53. The van der Waals surface area contributed by atoms with Crippen molar-refractivity contribution < 1.29 is 17.6 Å². The van der Waals surface area contributed by atoms with Gasteiger partial charge in [-0.1, -0.05) is 6.07 Å². The lowest BCUT2D eigenvalue weighted by atomic mass is 10.0. The molecule has 1 N–H and O–H groups in total. The Balaban J connectivity index is 1.74. The van der Waals surface area contributed by atoms with Crippen LogP contribution in [0.15, 0.2) is 30.5 Å². The van der Waals surface area contributed by atoms with Crippen LogP contribution < -0.4 is 10.2 Å². The minimum Gasteiger partial charge on any atom is -0.374 e. The van der Waals surface area contributed by atoms with Crippen LogP contribution in [0.1, 0.15) is 18.4 Å². The van der Waals surface area contributed by atoms with Gasteiger partial charge in [-0.2, -0.15) is 5.10 Å². The highest BCUT2D eigenvalue weighted by Gasteiger charge is 2.30. The topological polar surface area (TPSA) is 84.3 Å². The van der Waals surface area contributed by atoms with Crippen molar-refractivity contribution in [2.45, 2.75) is 24.6 Å². The number of carbonyl (C=O) groups excluding carboxylic acids is 1. The van der Waals surface area contributed by atoms with Gasteiger partial charge in [0.25, 0.3) is 5.91 Å². The highest BCUT2D eigenvalue weighted by molar-refractivity contribution is 7.89. The van der Waals surface area contributed by atoms with Crippen LogP contribution in [0.5, 0.6) is 0 Å². The smallest absolute Gasteiger partial charge is 0.250 e. The maximum atomic E-state index is 14.2. The summed E-state index contributed by atoms with van der Waals surface area (Å²) in [5.74, 6) is -0.478. The van der Waals surface area contributed by atoms with E-state index in [0.29, 0.717) is 24.5 Å². The molecule has 0 radical (unpaired) electrons. The van der Waals surface area contributed by atoms with Crippen LogP contribution in [-0.2, 0) is 27.4 Å². The summed E-state index contributed by atoms with van der Waals surface area (Å²) in [4.78, 5) is 14.3. The molecule has 1 fully saturated rings. The van der Waals surface area contributed by atoms with Gasteiger partial charge in [-0.15, -0.1) is 0 Å². The van der Waals surface area contributed by atoms with Crippen molar-refractivity contribution in [1.29, 1.82) is 0 Å². The number of aromatic nitrogens is 2. The number of piperidine rings is 1. The van der Waals surface area contributed by atoms with Crippen LogP contribution in [0.4, 0.5) is 15.9 Å². The Labute approximate surface area is 151 Å². The first-order valence-electron chi connectivity index (χ1n) is 8.27. The van der Waals surface area contributed by atoms with E-state index in [-0.39, 0.29) is 17.2 Å². The lowest BCUT2D eigenvalue weighted by molar-refractivity contribution is -0.120. The van der Waals surface area contributed by atoms with Crippen molar-refractivity contribution >= 4 is 27.2 Å². The molecule has 1 aliphatic rings. The Bertz CT molecular complexity index is 926. The number of hydrogen-bond donors (Lipinski definition) is 1. The van der Waals surface area contributed by atoms with Crippen molar-refractivity contribution in [3.05, 3.63) is 41.8 Å². The molecular formula is C17H21FN4O3S. The molecule has 1 atom stereocenters. The van der Waals surface area contributed by atoms with Gasteiger partial charge in [0.05, 0.1) is 5.75 Å². The second-order valence-electron chi connectivity index (χ2n) is 6.55. The Morgan fingerprint density at radius 1 is 1.35 bits per heavy atom. The molecule has 1 aromatic carbocycles. The molecule has 0 saturated carbocycles. The van der Waals surface area contributed by atoms with Gasteiger partial charge in [0.15, 0.2) is 15.7 Å². The predicted molar refractivity (Wildman–Crippen MR) is 97.2 cm³/mol. The van der Waals surface area contributed by atoms with Gasteiger partial charge in [-0.25, -0.2) is 12.8 Å². The number of amides is 1. The molecule has 2 heterocycles. The Hall–Kier alpha value is -2.42. The number of aryl methyl sites for hydroxylation is 1. The molecule has 0 spiro atoms. The highest BCUT2D eigenvalue weighted by Crippen LogP contribution is 2.23. The van der Waals surface area contributed by atoms with Crippen molar-refractivity contribution in [1.82, 2.24) is 9.78 Å². The molecule has 140 valence electrons. The van der Waals surface area contributed by atoms with Gasteiger partial charge >= 0.3 is 0 Å². The number of anilines is 2. The van der Waals surface area contributed by atoms with E-state index in [0.717, 1.165) is 12.7 Å². The fraction of sp³-hybridized carbons (Fsp3) is 0.412. The number of rotatable bonds is 5. The normalized spacial score (nSPS) is 18.2. The number of benzene rings is 1. The number of halogens is 1. The van der Waals surface area contributed by atoms with Gasteiger partial charge in [0, 0.05) is 43.4 Å². The number of hydrogen-bond acceptors (Lipinski definition) is 5. The second kappa shape index (κ2) is 7.06. The van der Waals surface area contributed by atoms with Crippen LogP contribution in [0.3, 0.4) is 0 Å². The summed E-state index contributed by atoms with van der Waals surface area (Å²) in [5.41, 5.74) is 0.559. The molecule has 1 aromatic heterocycles. The molecule has 2 aromatic rings. The molecule has 9 heteroatoms. The zero-order valence-electron chi connectivity index (χ0n) is 14.6. The van der Waals surface area contributed by atoms with Gasteiger partial charge < -0.3 is 5.32 Å². The van der Waals surface area contributed by atoms with Gasteiger partial charge in [-0.05, 0) is 25.0 Å². The summed E-state index contributed by atoms with van der Waals surface area (Å²) < 4.78 is 38.5. The maximum absolute atomic E-state index is 14.2. The van der Waals surface area contributed by atoms with E-state index in [1.807, 2.05) is 0 Å². The maximum Gasteiger partial charge on any atom is 0.250 e. The third-order valence-electron chi connectivity index (χ3n) is 4.23. The third kappa shape index (κ3) is 4.21. The average molecular weight is 380 g/mol. The minimum absolute atomic E-state index is 0.114. The van der Waals surface area contributed by atoms with E-state index >= 15 is 0 Å². The first-order valence-corrected chi connectivity index (χ1v) is 10.3. The van der Waals surface area contributed by atoms with E-state index < -0.39 is 21.7 Å². The molecule has 7 nitrogen and oxygen atoms in total. The van der Waals surface area contributed by atoms with Crippen molar-refractivity contribution in [3.8, 4) is 0 Å². The van der Waals surface area contributed by atoms with Crippen molar-refractivity contribution in [2.75, 3.05) is 23.0 Å². The highest BCUT2D eigenvalue weighted by atomic mass is 32.2. The van der Waals surface area contributed by atoms with Crippen LogP contribution in [0.25, 0.3) is 0 Å². The molecule has 3 rings (SSSR count). The first-order chi connectivity index (χ1) is 12.2. The quantitative estimate of drug-likeness (QED) is 0.854. The van der Waals surface area contributed by atoms with Crippen LogP contribution >= 0.6 is 0 Å².